The molecule has 2 aromatic rings. The SMILES string of the molecule is CSc1cc(C(=O)O)c(N2CCc3ccccc32)nn1. The average molecular weight is 287 g/mol. The molecule has 0 spiro atoms. The fourth-order valence-electron chi connectivity index (χ4n) is 2.38. The van der Waals surface area contributed by atoms with Gasteiger partial charge in [0, 0.05) is 12.2 Å². The molecule has 5 nitrogen and oxygen atoms in total. The highest BCUT2D eigenvalue weighted by molar-refractivity contribution is 7.98. The minimum Gasteiger partial charge on any atom is -0.478 e. The van der Waals surface area contributed by atoms with E-state index in [0.29, 0.717) is 10.8 Å². The van der Waals surface area contributed by atoms with Crippen LogP contribution in [0.15, 0.2) is 35.4 Å². The number of aromatic carboxylic acids is 1. The number of fused-ring (bicyclic) bond motifs is 1. The Labute approximate surface area is 120 Å². The Hall–Kier alpha value is -2.08. The number of rotatable bonds is 3. The zero-order valence-corrected chi connectivity index (χ0v) is 11.7. The van der Waals surface area contributed by atoms with Crippen molar-refractivity contribution in [1.82, 2.24) is 10.2 Å². The summed E-state index contributed by atoms with van der Waals surface area (Å²) in [4.78, 5) is 13.4. The second-order valence-electron chi connectivity index (χ2n) is 4.46. The van der Waals surface area contributed by atoms with Gasteiger partial charge in [0.1, 0.15) is 10.6 Å². The van der Waals surface area contributed by atoms with Crippen molar-refractivity contribution in [3.8, 4) is 0 Å². The zero-order valence-electron chi connectivity index (χ0n) is 10.9. The molecule has 1 aliphatic heterocycles. The summed E-state index contributed by atoms with van der Waals surface area (Å²) >= 11 is 1.38. The maximum atomic E-state index is 11.5. The van der Waals surface area contributed by atoms with Gasteiger partial charge in [-0.1, -0.05) is 18.2 Å². The number of carbonyl (C=O) groups is 1. The molecule has 6 heteroatoms. The highest BCUT2D eigenvalue weighted by Gasteiger charge is 2.26. The molecule has 1 N–H and O–H groups in total. The first-order valence-electron chi connectivity index (χ1n) is 6.21. The van der Waals surface area contributed by atoms with Crippen molar-refractivity contribution in [2.45, 2.75) is 11.4 Å². The van der Waals surface area contributed by atoms with Crippen molar-refractivity contribution in [2.24, 2.45) is 0 Å². The van der Waals surface area contributed by atoms with Crippen molar-refractivity contribution < 1.29 is 9.90 Å². The van der Waals surface area contributed by atoms with Gasteiger partial charge in [-0.2, -0.15) is 0 Å². The summed E-state index contributed by atoms with van der Waals surface area (Å²) in [6.07, 6.45) is 2.74. The molecule has 0 atom stereocenters. The van der Waals surface area contributed by atoms with Crippen LogP contribution < -0.4 is 4.90 Å². The summed E-state index contributed by atoms with van der Waals surface area (Å²) in [6.45, 7) is 0.729. The molecular formula is C14H13N3O2S. The van der Waals surface area contributed by atoms with E-state index in [1.807, 2.05) is 29.4 Å². The van der Waals surface area contributed by atoms with E-state index in [1.54, 1.807) is 6.07 Å². The van der Waals surface area contributed by atoms with Crippen molar-refractivity contribution in [1.29, 1.82) is 0 Å². The third kappa shape index (κ3) is 2.12. The van der Waals surface area contributed by atoms with Crippen LogP contribution in [-0.2, 0) is 6.42 Å². The lowest BCUT2D eigenvalue weighted by atomic mass is 10.2. The summed E-state index contributed by atoms with van der Waals surface area (Å²) in [5, 5.41) is 18.2. The molecule has 102 valence electrons. The molecule has 20 heavy (non-hydrogen) atoms. The number of thioether (sulfide) groups is 1. The number of para-hydroxylation sites is 1. The fourth-order valence-corrected chi connectivity index (χ4v) is 2.74. The van der Waals surface area contributed by atoms with Crippen LogP contribution in [0.25, 0.3) is 0 Å². The molecule has 1 aliphatic rings. The van der Waals surface area contributed by atoms with Crippen LogP contribution in [0, 0.1) is 0 Å². The van der Waals surface area contributed by atoms with Crippen LogP contribution in [0.4, 0.5) is 11.5 Å². The predicted molar refractivity (Wildman–Crippen MR) is 77.9 cm³/mol. The normalized spacial score (nSPS) is 13.3. The van der Waals surface area contributed by atoms with Gasteiger partial charge < -0.3 is 10.0 Å². The van der Waals surface area contributed by atoms with Crippen molar-refractivity contribution in [2.75, 3.05) is 17.7 Å². The van der Waals surface area contributed by atoms with E-state index < -0.39 is 5.97 Å². The molecule has 0 bridgehead atoms. The van der Waals surface area contributed by atoms with Crippen LogP contribution in [0.5, 0.6) is 0 Å². The third-order valence-electron chi connectivity index (χ3n) is 3.33. The highest BCUT2D eigenvalue weighted by Crippen LogP contribution is 2.35. The summed E-state index contributed by atoms with van der Waals surface area (Å²) in [5.41, 5.74) is 2.42. The van der Waals surface area contributed by atoms with Crippen LogP contribution in [-0.4, -0.2) is 34.1 Å². The molecule has 3 rings (SSSR count). The topological polar surface area (TPSA) is 66.3 Å². The van der Waals surface area contributed by atoms with Gasteiger partial charge in [-0.15, -0.1) is 22.0 Å². The lowest BCUT2D eigenvalue weighted by Gasteiger charge is -2.19. The van der Waals surface area contributed by atoms with Gasteiger partial charge in [0.15, 0.2) is 5.82 Å². The van der Waals surface area contributed by atoms with Crippen molar-refractivity contribution in [3.05, 3.63) is 41.5 Å². The minimum atomic E-state index is -0.977. The zero-order chi connectivity index (χ0) is 14.1. The molecule has 0 amide bonds. The van der Waals surface area contributed by atoms with Crippen LogP contribution in [0.2, 0.25) is 0 Å². The van der Waals surface area contributed by atoms with Crippen LogP contribution in [0.3, 0.4) is 0 Å². The first-order chi connectivity index (χ1) is 9.70. The molecule has 0 saturated carbocycles. The fraction of sp³-hybridized carbons (Fsp3) is 0.214. The Balaban J connectivity index is 2.09. The molecule has 2 heterocycles. The molecule has 0 unspecified atom stereocenters. The Bertz CT molecular complexity index is 675. The molecule has 1 aromatic carbocycles. The third-order valence-corrected chi connectivity index (χ3v) is 3.95. The summed E-state index contributed by atoms with van der Waals surface area (Å²) in [7, 11) is 0. The number of carboxylic acid groups (broad SMARTS) is 1. The number of anilines is 2. The van der Waals surface area contributed by atoms with E-state index in [9.17, 15) is 9.90 Å². The molecule has 0 fully saturated rings. The smallest absolute Gasteiger partial charge is 0.339 e. The molecule has 1 aromatic heterocycles. The van der Waals surface area contributed by atoms with Gasteiger partial charge in [0.25, 0.3) is 0 Å². The summed E-state index contributed by atoms with van der Waals surface area (Å²) < 4.78 is 0. The maximum absolute atomic E-state index is 11.5. The van der Waals surface area contributed by atoms with E-state index in [0.717, 1.165) is 18.7 Å². The van der Waals surface area contributed by atoms with Gasteiger partial charge in [-0.25, -0.2) is 4.79 Å². The van der Waals surface area contributed by atoms with E-state index in [2.05, 4.69) is 16.3 Å². The first kappa shape index (κ1) is 12.9. The Morgan fingerprint density at radius 3 is 2.90 bits per heavy atom. The standard InChI is InChI=1S/C14H13N3O2S/c1-20-12-8-10(14(18)19)13(16-15-12)17-7-6-9-4-2-3-5-11(9)17/h2-5,8H,6-7H2,1H3,(H,18,19). The Morgan fingerprint density at radius 1 is 1.35 bits per heavy atom. The second kappa shape index (κ2) is 5.13. The number of benzene rings is 1. The van der Waals surface area contributed by atoms with E-state index in [4.69, 9.17) is 0 Å². The maximum Gasteiger partial charge on any atom is 0.339 e. The molecular weight excluding hydrogens is 274 g/mol. The first-order valence-corrected chi connectivity index (χ1v) is 7.43. The van der Waals surface area contributed by atoms with Gasteiger partial charge in [0.2, 0.25) is 0 Å². The molecule has 0 radical (unpaired) electrons. The van der Waals surface area contributed by atoms with Gasteiger partial charge in [0.05, 0.1) is 0 Å². The quantitative estimate of drug-likeness (QED) is 0.875. The van der Waals surface area contributed by atoms with Crippen LogP contribution >= 0.6 is 11.8 Å². The van der Waals surface area contributed by atoms with E-state index >= 15 is 0 Å². The number of hydrogen-bond donors (Lipinski definition) is 1. The number of carboxylic acids is 1. The largest absolute Gasteiger partial charge is 0.478 e. The van der Waals surface area contributed by atoms with Crippen molar-refractivity contribution in [3.63, 3.8) is 0 Å². The monoisotopic (exact) mass is 287 g/mol. The lowest BCUT2D eigenvalue weighted by molar-refractivity contribution is 0.0696. The van der Waals surface area contributed by atoms with E-state index in [-0.39, 0.29) is 5.56 Å². The van der Waals surface area contributed by atoms with Gasteiger partial charge >= 0.3 is 5.97 Å². The van der Waals surface area contributed by atoms with Gasteiger partial charge in [-0.3, -0.25) is 0 Å². The lowest BCUT2D eigenvalue weighted by Crippen LogP contribution is -2.19. The number of hydrogen-bond acceptors (Lipinski definition) is 5. The number of aromatic nitrogens is 2. The Morgan fingerprint density at radius 2 is 2.15 bits per heavy atom. The summed E-state index contributed by atoms with van der Waals surface area (Å²) in [5.74, 6) is -0.560. The summed E-state index contributed by atoms with van der Waals surface area (Å²) in [6, 6.07) is 9.55. The van der Waals surface area contributed by atoms with Crippen molar-refractivity contribution >= 4 is 29.2 Å². The predicted octanol–water partition coefficient (Wildman–Crippen LogP) is 2.59. The Kier molecular flexibility index (Phi) is 3.31. The minimum absolute atomic E-state index is 0.195. The number of nitrogens with zero attached hydrogens (tertiary/aromatic N) is 3. The highest BCUT2D eigenvalue weighted by atomic mass is 32.2. The second-order valence-corrected chi connectivity index (χ2v) is 5.29. The van der Waals surface area contributed by atoms with Crippen LogP contribution in [0.1, 0.15) is 15.9 Å². The molecule has 0 saturated heterocycles. The van der Waals surface area contributed by atoms with Gasteiger partial charge in [-0.05, 0) is 30.4 Å². The average Bonchev–Trinajstić information content (AvgIpc) is 2.90. The molecule has 0 aliphatic carbocycles. The van der Waals surface area contributed by atoms with E-state index in [1.165, 1.54) is 17.3 Å².